The molecule has 1 aliphatic heterocycles. The van der Waals surface area contributed by atoms with Gasteiger partial charge in [0.25, 0.3) is 0 Å². The van der Waals surface area contributed by atoms with Gasteiger partial charge in [-0.15, -0.1) is 0 Å². The molecular weight excluding hydrogens is 346 g/mol. The highest BCUT2D eigenvalue weighted by Gasteiger charge is 2.33. The van der Waals surface area contributed by atoms with Crippen molar-refractivity contribution in [3.63, 3.8) is 0 Å². The van der Waals surface area contributed by atoms with Crippen molar-refractivity contribution in [2.45, 2.75) is 63.9 Å². The van der Waals surface area contributed by atoms with E-state index in [2.05, 4.69) is 13.4 Å². The summed E-state index contributed by atoms with van der Waals surface area (Å²) in [6.45, 7) is 0.939. The topological polar surface area (TPSA) is 115 Å². The van der Waals surface area contributed by atoms with Crippen LogP contribution in [0.5, 0.6) is 0 Å². The zero-order chi connectivity index (χ0) is 17.2. The van der Waals surface area contributed by atoms with Crippen LogP contribution in [0.4, 0.5) is 0 Å². The van der Waals surface area contributed by atoms with Gasteiger partial charge in [-0.05, 0) is 12.8 Å². The minimum atomic E-state index is -4.56. The van der Waals surface area contributed by atoms with Crippen LogP contribution in [0.25, 0.3) is 0 Å². The molecule has 2 N–H and O–H groups in total. The first-order valence-corrected chi connectivity index (χ1v) is 11.0. The summed E-state index contributed by atoms with van der Waals surface area (Å²) < 4.78 is 40.3. The van der Waals surface area contributed by atoms with Gasteiger partial charge in [0, 0.05) is 7.11 Å². The quantitative estimate of drug-likeness (QED) is 0.253. The molecular formula is C13H28O8P2. The molecule has 0 aromatic rings. The summed E-state index contributed by atoms with van der Waals surface area (Å²) in [7, 11) is -8.18. The lowest BCUT2D eigenvalue weighted by Gasteiger charge is -2.14. The summed E-state index contributed by atoms with van der Waals surface area (Å²) in [4.78, 5) is 18.2. The Hall–Kier alpha value is 0.220. The van der Waals surface area contributed by atoms with Gasteiger partial charge < -0.3 is 14.5 Å². The van der Waals surface area contributed by atoms with Crippen LogP contribution in [0.15, 0.2) is 0 Å². The highest BCUT2D eigenvalue weighted by molar-refractivity contribution is 7.61. The highest BCUT2D eigenvalue weighted by Crippen LogP contribution is 2.59. The summed E-state index contributed by atoms with van der Waals surface area (Å²) in [5, 5.41) is 0. The first kappa shape index (κ1) is 21.3. The minimum absolute atomic E-state index is 0.00111. The van der Waals surface area contributed by atoms with Gasteiger partial charge >= 0.3 is 15.6 Å². The van der Waals surface area contributed by atoms with E-state index in [-0.39, 0.29) is 6.61 Å². The standard InChI is InChI=1S/C13H28O8P2/c1-18-22(14,15)21-23(16,17)20-11-9-7-5-3-2-4-6-8-10-13-12-19-13/h13H,2-12H2,1H3,(H,14,15)(H,16,17). The third-order valence-electron chi connectivity index (χ3n) is 3.51. The molecule has 3 unspecified atom stereocenters. The minimum Gasteiger partial charge on any atom is -0.373 e. The number of phosphoric acid groups is 2. The molecule has 1 saturated heterocycles. The average Bonchev–Trinajstić information content (AvgIpc) is 3.27. The second kappa shape index (κ2) is 11.0. The van der Waals surface area contributed by atoms with Crippen molar-refractivity contribution in [3.8, 4) is 0 Å². The monoisotopic (exact) mass is 374 g/mol. The number of epoxide rings is 1. The predicted octanol–water partition coefficient (Wildman–Crippen LogP) is 3.78. The van der Waals surface area contributed by atoms with Gasteiger partial charge in [-0.2, -0.15) is 4.31 Å². The number of hydrogen-bond acceptors (Lipinski definition) is 6. The third kappa shape index (κ3) is 12.3. The number of rotatable bonds is 15. The van der Waals surface area contributed by atoms with Crippen LogP contribution in [0, 0.1) is 0 Å². The van der Waals surface area contributed by atoms with Crippen LogP contribution in [0.1, 0.15) is 57.8 Å². The van der Waals surface area contributed by atoms with Gasteiger partial charge in [0.2, 0.25) is 0 Å². The van der Waals surface area contributed by atoms with E-state index in [4.69, 9.17) is 9.63 Å². The number of phosphoric ester groups is 2. The van der Waals surface area contributed by atoms with Crippen molar-refractivity contribution >= 4 is 15.6 Å². The van der Waals surface area contributed by atoms with Gasteiger partial charge in [0.1, 0.15) is 0 Å². The van der Waals surface area contributed by atoms with E-state index in [1.165, 1.54) is 32.1 Å². The van der Waals surface area contributed by atoms with E-state index in [9.17, 15) is 14.0 Å². The molecule has 0 aliphatic carbocycles. The molecule has 1 rings (SSSR count). The molecule has 1 fully saturated rings. The first-order chi connectivity index (χ1) is 10.8. The van der Waals surface area contributed by atoms with Crippen LogP contribution < -0.4 is 0 Å². The molecule has 8 nitrogen and oxygen atoms in total. The molecule has 1 heterocycles. The predicted molar refractivity (Wildman–Crippen MR) is 85.0 cm³/mol. The molecule has 0 saturated carbocycles. The summed E-state index contributed by atoms with van der Waals surface area (Å²) in [6, 6.07) is 0. The van der Waals surface area contributed by atoms with Gasteiger partial charge in [-0.25, -0.2) is 9.13 Å². The van der Waals surface area contributed by atoms with E-state index < -0.39 is 15.6 Å². The molecule has 0 amide bonds. The molecule has 1 aliphatic rings. The van der Waals surface area contributed by atoms with Crippen LogP contribution in [0.3, 0.4) is 0 Å². The second-order valence-corrected chi connectivity index (χ2v) is 8.76. The van der Waals surface area contributed by atoms with Crippen LogP contribution in [-0.2, 0) is 27.2 Å². The van der Waals surface area contributed by atoms with E-state index in [1.807, 2.05) is 0 Å². The van der Waals surface area contributed by atoms with Crippen LogP contribution >= 0.6 is 15.6 Å². The summed E-state index contributed by atoms with van der Waals surface area (Å²) in [6.07, 6.45) is 10.2. The summed E-state index contributed by atoms with van der Waals surface area (Å²) in [5.41, 5.74) is 0. The largest absolute Gasteiger partial charge is 0.481 e. The number of hydrogen-bond donors (Lipinski definition) is 2. The molecule has 0 aromatic carbocycles. The Morgan fingerprint density at radius 1 is 0.957 bits per heavy atom. The molecule has 0 bridgehead atoms. The molecule has 10 heteroatoms. The fourth-order valence-corrected chi connectivity index (χ4v) is 3.99. The SMILES string of the molecule is COP(=O)(O)OP(=O)(O)OCCCCCCCCCCC1CO1. The summed E-state index contributed by atoms with van der Waals surface area (Å²) >= 11 is 0. The fraction of sp³-hybridized carbons (Fsp3) is 1.00. The second-order valence-electron chi connectivity index (χ2n) is 5.61. The molecule has 138 valence electrons. The fourth-order valence-electron chi connectivity index (χ4n) is 2.14. The molecule has 0 aromatic heterocycles. The third-order valence-corrected chi connectivity index (χ3v) is 6.14. The van der Waals surface area contributed by atoms with Crippen molar-refractivity contribution in [2.24, 2.45) is 0 Å². The Morgan fingerprint density at radius 3 is 2.00 bits per heavy atom. The van der Waals surface area contributed by atoms with Crippen LogP contribution in [-0.4, -0.2) is 36.2 Å². The zero-order valence-corrected chi connectivity index (χ0v) is 15.4. The van der Waals surface area contributed by atoms with E-state index >= 15 is 0 Å². The van der Waals surface area contributed by atoms with Gasteiger partial charge in [0.15, 0.2) is 0 Å². The van der Waals surface area contributed by atoms with Gasteiger partial charge in [0.05, 0.1) is 19.3 Å². The lowest BCUT2D eigenvalue weighted by molar-refractivity contribution is 0.166. The van der Waals surface area contributed by atoms with Crippen molar-refractivity contribution in [1.82, 2.24) is 0 Å². The van der Waals surface area contributed by atoms with Crippen molar-refractivity contribution < 1.29 is 37.0 Å². The lowest BCUT2D eigenvalue weighted by Crippen LogP contribution is -1.97. The zero-order valence-electron chi connectivity index (χ0n) is 13.6. The van der Waals surface area contributed by atoms with E-state index in [0.717, 1.165) is 33.0 Å². The number of ether oxygens (including phenoxy) is 1. The van der Waals surface area contributed by atoms with E-state index in [1.54, 1.807) is 0 Å². The maximum Gasteiger partial charge on any atom is 0.481 e. The Labute approximate surface area is 137 Å². The maximum atomic E-state index is 11.4. The normalized spacial score (nSPS) is 22.5. The molecule has 0 radical (unpaired) electrons. The molecule has 23 heavy (non-hydrogen) atoms. The Balaban J connectivity index is 1.88. The van der Waals surface area contributed by atoms with Crippen molar-refractivity contribution in [1.29, 1.82) is 0 Å². The summed E-state index contributed by atoms with van der Waals surface area (Å²) in [5.74, 6) is 0. The Bertz CT molecular complexity index is 413. The Morgan fingerprint density at radius 2 is 1.48 bits per heavy atom. The van der Waals surface area contributed by atoms with Gasteiger partial charge in [-0.3, -0.25) is 9.05 Å². The highest BCUT2D eigenvalue weighted by atomic mass is 31.3. The molecule has 3 atom stereocenters. The van der Waals surface area contributed by atoms with E-state index in [0.29, 0.717) is 12.5 Å². The lowest BCUT2D eigenvalue weighted by atomic mass is 10.1. The molecule has 0 spiro atoms. The van der Waals surface area contributed by atoms with Gasteiger partial charge in [-0.1, -0.05) is 44.9 Å². The first-order valence-electron chi connectivity index (χ1n) is 8.03. The average molecular weight is 374 g/mol. The Kier molecular flexibility index (Phi) is 10.1. The smallest absolute Gasteiger partial charge is 0.373 e. The number of unbranched alkanes of at least 4 members (excludes halogenated alkanes) is 7. The van der Waals surface area contributed by atoms with Crippen molar-refractivity contribution in [2.75, 3.05) is 20.3 Å². The maximum absolute atomic E-state index is 11.4. The van der Waals surface area contributed by atoms with Crippen molar-refractivity contribution in [3.05, 3.63) is 0 Å². The van der Waals surface area contributed by atoms with Crippen LogP contribution in [0.2, 0.25) is 0 Å².